The van der Waals surface area contributed by atoms with Crippen molar-refractivity contribution in [2.24, 2.45) is 17.2 Å². The molecule has 4 rings (SSSR count). The van der Waals surface area contributed by atoms with Crippen LogP contribution in [0.3, 0.4) is 0 Å². The molecule has 7 nitrogen and oxygen atoms in total. The SMILES string of the molecule is CN(CC(=O)O)C(=N)N.N[C@@H]1C[C@H]1c1ccccc1.N[C@@H]1C[C@H]1c1ccccc1.[H-].[H-].[Mg+2]. The Hall–Kier alpha value is -2.13. The van der Waals surface area contributed by atoms with Crippen LogP contribution in [-0.4, -0.2) is 70.7 Å². The summed E-state index contributed by atoms with van der Waals surface area (Å²) in [7, 11) is 1.44. The maximum Gasteiger partial charge on any atom is 2.00 e. The van der Waals surface area contributed by atoms with Crippen molar-refractivity contribution in [3.8, 4) is 0 Å². The van der Waals surface area contributed by atoms with Crippen molar-refractivity contribution in [2.75, 3.05) is 13.6 Å². The van der Waals surface area contributed by atoms with Gasteiger partial charge in [0.1, 0.15) is 6.54 Å². The first kappa shape index (κ1) is 25.9. The fourth-order valence-electron chi connectivity index (χ4n) is 2.88. The van der Waals surface area contributed by atoms with Gasteiger partial charge in [-0.2, -0.15) is 0 Å². The van der Waals surface area contributed by atoms with E-state index < -0.39 is 5.97 Å². The van der Waals surface area contributed by atoms with Crippen molar-refractivity contribution in [3.63, 3.8) is 0 Å². The molecular weight excluding hydrogens is 391 g/mol. The van der Waals surface area contributed by atoms with E-state index in [-0.39, 0.29) is 38.4 Å². The molecule has 4 atom stereocenters. The van der Waals surface area contributed by atoms with Crippen LogP contribution in [0.25, 0.3) is 0 Å². The molecule has 2 aliphatic rings. The van der Waals surface area contributed by atoms with Gasteiger partial charge in [0.25, 0.3) is 0 Å². The van der Waals surface area contributed by atoms with Crippen molar-refractivity contribution >= 4 is 35.0 Å². The first-order valence-corrected chi connectivity index (χ1v) is 9.67. The number of likely N-dealkylation sites (N-methyl/N-ethyl adjacent to an activating group) is 1. The molecule has 0 bridgehead atoms. The second-order valence-electron chi connectivity index (χ2n) is 7.47. The number of carbonyl (C=O) groups is 1. The summed E-state index contributed by atoms with van der Waals surface area (Å²) < 4.78 is 0. The molecular formula is C22H33MgN5O2. The fraction of sp³-hybridized carbons (Fsp3) is 0.364. The second kappa shape index (κ2) is 12.5. The van der Waals surface area contributed by atoms with E-state index in [1.165, 1.54) is 31.0 Å². The van der Waals surface area contributed by atoms with E-state index in [1.54, 1.807) is 0 Å². The van der Waals surface area contributed by atoms with E-state index in [2.05, 4.69) is 48.5 Å². The third-order valence-corrected chi connectivity index (χ3v) is 4.92. The van der Waals surface area contributed by atoms with Crippen LogP contribution in [0.15, 0.2) is 60.7 Å². The summed E-state index contributed by atoms with van der Waals surface area (Å²) in [6, 6.07) is 21.8. The molecule has 2 fully saturated rings. The minimum atomic E-state index is -0.993. The number of nitrogens with one attached hydrogen (secondary N) is 1. The van der Waals surface area contributed by atoms with Gasteiger partial charge >= 0.3 is 29.0 Å². The van der Waals surface area contributed by atoms with Crippen LogP contribution in [-0.2, 0) is 4.79 Å². The van der Waals surface area contributed by atoms with Gasteiger partial charge in [0, 0.05) is 31.0 Å². The Morgan fingerprint density at radius 2 is 1.33 bits per heavy atom. The zero-order valence-corrected chi connectivity index (χ0v) is 18.9. The van der Waals surface area contributed by atoms with E-state index in [1.807, 2.05) is 12.1 Å². The zero-order chi connectivity index (χ0) is 21.4. The zero-order valence-electron chi connectivity index (χ0n) is 19.4. The maximum absolute atomic E-state index is 9.92. The third kappa shape index (κ3) is 9.12. The Labute approximate surface area is 197 Å². The Morgan fingerprint density at radius 1 is 1.00 bits per heavy atom. The summed E-state index contributed by atoms with van der Waals surface area (Å²) >= 11 is 0. The van der Waals surface area contributed by atoms with Gasteiger partial charge in [-0.05, 0) is 24.0 Å². The molecule has 0 saturated heterocycles. The Morgan fingerprint density at radius 3 is 1.53 bits per heavy atom. The summed E-state index contributed by atoms with van der Waals surface area (Å²) in [6.07, 6.45) is 2.34. The molecule has 0 spiro atoms. The van der Waals surface area contributed by atoms with Crippen LogP contribution in [0.5, 0.6) is 0 Å². The molecule has 30 heavy (non-hydrogen) atoms. The largest absolute Gasteiger partial charge is 2.00 e. The predicted molar refractivity (Wildman–Crippen MR) is 124 cm³/mol. The predicted octanol–water partition coefficient (Wildman–Crippen LogP) is 1.74. The summed E-state index contributed by atoms with van der Waals surface area (Å²) in [5, 5.41) is 14.9. The van der Waals surface area contributed by atoms with E-state index in [0.717, 1.165) is 4.90 Å². The third-order valence-electron chi connectivity index (χ3n) is 4.92. The normalized spacial score (nSPS) is 22.6. The number of nitrogens with zero attached hydrogens (tertiary/aromatic N) is 1. The van der Waals surface area contributed by atoms with Crippen molar-refractivity contribution in [1.82, 2.24) is 4.90 Å². The number of benzene rings is 2. The van der Waals surface area contributed by atoms with Crippen molar-refractivity contribution in [3.05, 3.63) is 71.8 Å². The first-order chi connectivity index (χ1) is 13.8. The van der Waals surface area contributed by atoms with Crippen LogP contribution in [0.2, 0.25) is 0 Å². The molecule has 0 aliphatic heterocycles. The average molecular weight is 424 g/mol. The number of hydrogen-bond acceptors (Lipinski definition) is 4. The summed E-state index contributed by atoms with van der Waals surface area (Å²) in [5.41, 5.74) is 19.1. The van der Waals surface area contributed by atoms with E-state index in [9.17, 15) is 4.79 Å². The van der Waals surface area contributed by atoms with Crippen LogP contribution in [0.1, 0.15) is 38.7 Å². The molecule has 2 aromatic rings. The van der Waals surface area contributed by atoms with Gasteiger partial charge in [-0.25, -0.2) is 0 Å². The van der Waals surface area contributed by atoms with E-state index in [4.69, 9.17) is 27.7 Å². The monoisotopic (exact) mass is 423 g/mol. The van der Waals surface area contributed by atoms with Gasteiger partial charge in [0.05, 0.1) is 0 Å². The number of carboxylic acids is 1. The molecule has 0 heterocycles. The Bertz CT molecular complexity index is 750. The minimum absolute atomic E-state index is 0. The molecule has 0 aromatic heterocycles. The van der Waals surface area contributed by atoms with Crippen LogP contribution in [0.4, 0.5) is 0 Å². The molecule has 8 heteroatoms. The molecule has 8 N–H and O–H groups in total. The number of aliphatic carboxylic acids is 1. The average Bonchev–Trinajstić information content (AvgIpc) is 3.61. The smallest absolute Gasteiger partial charge is 1.00 e. The minimum Gasteiger partial charge on any atom is -1.00 e. The summed E-state index contributed by atoms with van der Waals surface area (Å²) in [6.45, 7) is -0.227. The van der Waals surface area contributed by atoms with Crippen LogP contribution < -0.4 is 17.2 Å². The van der Waals surface area contributed by atoms with Gasteiger partial charge in [0.15, 0.2) is 5.96 Å². The molecule has 2 aliphatic carbocycles. The summed E-state index contributed by atoms with van der Waals surface area (Å²) in [4.78, 5) is 11.0. The topological polar surface area (TPSA) is 142 Å². The number of hydrogen-bond donors (Lipinski definition) is 5. The van der Waals surface area contributed by atoms with Crippen molar-refractivity contribution < 1.29 is 12.8 Å². The molecule has 160 valence electrons. The number of nitrogens with two attached hydrogens (primary N) is 3. The van der Waals surface area contributed by atoms with E-state index >= 15 is 0 Å². The molecule has 0 unspecified atom stereocenters. The van der Waals surface area contributed by atoms with E-state index in [0.29, 0.717) is 23.9 Å². The van der Waals surface area contributed by atoms with Crippen LogP contribution in [0, 0.1) is 5.41 Å². The molecule has 0 radical (unpaired) electrons. The standard InChI is InChI=1S/2C9H11N.C4H9N3O2.Mg.2H/c2*10-9-6-8(9)7-4-2-1-3-5-7;1-7(4(5)6)2-3(8)9;;;/h2*1-5,8-9H,6,10H2;2H2,1H3,(H3,5,6)(H,8,9);;;/q;;;+2;2*-1/t2*8-,9+;;;;/m00..../s1. The second-order valence-corrected chi connectivity index (χ2v) is 7.47. The molecule has 0 amide bonds. The Balaban J connectivity index is 0. The molecule has 2 aromatic carbocycles. The van der Waals surface area contributed by atoms with Crippen molar-refractivity contribution in [1.29, 1.82) is 5.41 Å². The quantitative estimate of drug-likeness (QED) is 0.288. The van der Waals surface area contributed by atoms with Crippen molar-refractivity contribution in [2.45, 2.75) is 36.8 Å². The van der Waals surface area contributed by atoms with Gasteiger partial charge in [-0.3, -0.25) is 10.2 Å². The summed E-state index contributed by atoms with van der Waals surface area (Å²) in [5.74, 6) is 0.0764. The number of guanidine groups is 1. The first-order valence-electron chi connectivity index (χ1n) is 9.67. The Kier molecular flexibility index (Phi) is 10.8. The van der Waals surface area contributed by atoms with Gasteiger partial charge in [-0.15, -0.1) is 0 Å². The van der Waals surface area contributed by atoms with Gasteiger partial charge in [0.2, 0.25) is 0 Å². The maximum atomic E-state index is 9.92. The van der Waals surface area contributed by atoms with Gasteiger partial charge < -0.3 is 30.1 Å². The number of rotatable bonds is 4. The fourth-order valence-corrected chi connectivity index (χ4v) is 2.88. The number of carboxylic acid groups (broad SMARTS) is 1. The molecule has 2 saturated carbocycles. The van der Waals surface area contributed by atoms with Gasteiger partial charge in [-0.1, -0.05) is 60.7 Å². The van der Waals surface area contributed by atoms with Crippen LogP contribution >= 0.6 is 0 Å².